The summed E-state index contributed by atoms with van der Waals surface area (Å²) in [6.45, 7) is 2.63. The van der Waals surface area contributed by atoms with Crippen LogP contribution < -0.4 is 0 Å². The van der Waals surface area contributed by atoms with Crippen molar-refractivity contribution in [2.45, 2.75) is 24.4 Å². The average Bonchev–Trinajstić information content (AvgIpc) is 2.87. The lowest BCUT2D eigenvalue weighted by atomic mass is 9.87. The predicted molar refractivity (Wildman–Crippen MR) is 137 cm³/mol. The zero-order chi connectivity index (χ0) is 22.8. The molecule has 0 aliphatic carbocycles. The molecule has 0 amide bonds. The first-order valence-corrected chi connectivity index (χ1v) is 12.5. The van der Waals surface area contributed by atoms with Crippen molar-refractivity contribution < 1.29 is 9.53 Å². The summed E-state index contributed by atoms with van der Waals surface area (Å²) in [6.07, 6.45) is 2.87. The van der Waals surface area contributed by atoms with E-state index in [9.17, 15) is 4.79 Å². The van der Waals surface area contributed by atoms with Gasteiger partial charge in [-0.05, 0) is 63.4 Å². The molecule has 0 unspecified atom stereocenters. The molecule has 0 saturated carbocycles. The summed E-state index contributed by atoms with van der Waals surface area (Å²) >= 11 is 1.61. The molecule has 0 atom stereocenters. The van der Waals surface area contributed by atoms with Crippen LogP contribution in [-0.2, 0) is 24.2 Å². The fourth-order valence-corrected chi connectivity index (χ4v) is 5.51. The predicted octanol–water partition coefficient (Wildman–Crippen LogP) is 6.57. The van der Waals surface area contributed by atoms with Gasteiger partial charge in [0, 0.05) is 24.5 Å². The van der Waals surface area contributed by atoms with Gasteiger partial charge in [0.1, 0.15) is 0 Å². The third-order valence-electron chi connectivity index (χ3n) is 6.49. The number of carbonyl (C=O) groups excluding carboxylic acids is 1. The first-order valence-electron chi connectivity index (χ1n) is 11.2. The molecule has 0 aromatic heterocycles. The highest BCUT2D eigenvalue weighted by atomic mass is 32.2. The van der Waals surface area contributed by atoms with E-state index in [1.54, 1.807) is 11.8 Å². The SMILES string of the molecule is COC(=O)c1c(SC)cc(-c2ccc3ccccc3c2)c2c1CCN(Cc1ccccc1)C2. The van der Waals surface area contributed by atoms with Gasteiger partial charge in [0.05, 0.1) is 12.7 Å². The maximum absolute atomic E-state index is 12.8. The van der Waals surface area contributed by atoms with E-state index in [0.717, 1.165) is 42.1 Å². The van der Waals surface area contributed by atoms with E-state index < -0.39 is 0 Å². The second-order valence-electron chi connectivity index (χ2n) is 8.46. The van der Waals surface area contributed by atoms with E-state index in [2.05, 4.69) is 83.8 Å². The van der Waals surface area contributed by atoms with E-state index in [4.69, 9.17) is 4.74 Å². The van der Waals surface area contributed by atoms with Gasteiger partial charge in [-0.3, -0.25) is 4.90 Å². The molecule has 33 heavy (non-hydrogen) atoms. The van der Waals surface area contributed by atoms with Crippen LogP contribution in [0.15, 0.2) is 83.8 Å². The molecule has 5 rings (SSSR count). The molecular formula is C29H27NO2S. The lowest BCUT2D eigenvalue weighted by Gasteiger charge is -2.32. The van der Waals surface area contributed by atoms with Crippen LogP contribution in [0.2, 0.25) is 0 Å². The fourth-order valence-electron chi connectivity index (χ4n) is 4.86. The highest BCUT2D eigenvalue weighted by Crippen LogP contribution is 2.39. The minimum absolute atomic E-state index is 0.239. The van der Waals surface area contributed by atoms with Crippen LogP contribution in [0.1, 0.15) is 27.0 Å². The van der Waals surface area contributed by atoms with Gasteiger partial charge in [0.2, 0.25) is 0 Å². The van der Waals surface area contributed by atoms with Crippen molar-refractivity contribution >= 4 is 28.5 Å². The third kappa shape index (κ3) is 4.29. The van der Waals surface area contributed by atoms with E-state index in [1.807, 2.05) is 6.26 Å². The van der Waals surface area contributed by atoms with Gasteiger partial charge in [-0.15, -0.1) is 11.8 Å². The van der Waals surface area contributed by atoms with Crippen molar-refractivity contribution in [3.63, 3.8) is 0 Å². The number of carbonyl (C=O) groups is 1. The smallest absolute Gasteiger partial charge is 0.339 e. The standard InChI is InChI=1S/C29H27NO2S/c1-32-29(31)28-24-14-15-30(18-20-8-4-3-5-9-20)19-26(24)25(17-27(28)33-2)23-13-12-21-10-6-7-11-22(21)16-23/h3-13,16-17H,14-15,18-19H2,1-2H3. The lowest BCUT2D eigenvalue weighted by molar-refractivity contribution is 0.0594. The number of esters is 1. The Morgan fingerprint density at radius 2 is 1.70 bits per heavy atom. The van der Waals surface area contributed by atoms with Crippen molar-refractivity contribution in [2.24, 2.45) is 0 Å². The van der Waals surface area contributed by atoms with Gasteiger partial charge in [-0.1, -0.05) is 66.7 Å². The van der Waals surface area contributed by atoms with Crippen molar-refractivity contribution in [2.75, 3.05) is 19.9 Å². The Balaban J connectivity index is 1.64. The molecule has 4 aromatic rings. The Bertz CT molecular complexity index is 1320. The van der Waals surface area contributed by atoms with Crippen LogP contribution in [0.4, 0.5) is 0 Å². The normalized spacial score (nSPS) is 13.6. The van der Waals surface area contributed by atoms with E-state index >= 15 is 0 Å². The minimum atomic E-state index is -0.239. The largest absolute Gasteiger partial charge is 0.465 e. The highest BCUT2D eigenvalue weighted by molar-refractivity contribution is 7.98. The Hall–Kier alpha value is -3.08. The molecule has 0 saturated heterocycles. The van der Waals surface area contributed by atoms with E-state index in [0.29, 0.717) is 0 Å². The number of nitrogens with zero attached hydrogens (tertiary/aromatic N) is 1. The van der Waals surface area contributed by atoms with Crippen molar-refractivity contribution in [3.05, 3.63) is 101 Å². The van der Waals surface area contributed by atoms with Gasteiger partial charge in [0.25, 0.3) is 0 Å². The summed E-state index contributed by atoms with van der Waals surface area (Å²) in [6, 6.07) is 27.9. The van der Waals surface area contributed by atoms with Gasteiger partial charge < -0.3 is 4.74 Å². The summed E-state index contributed by atoms with van der Waals surface area (Å²) in [4.78, 5) is 16.3. The monoisotopic (exact) mass is 453 g/mol. The molecule has 0 N–H and O–H groups in total. The molecule has 0 bridgehead atoms. The molecule has 166 valence electrons. The van der Waals surface area contributed by atoms with Gasteiger partial charge in [-0.2, -0.15) is 0 Å². The molecule has 1 aliphatic heterocycles. The number of hydrogen-bond donors (Lipinski definition) is 0. The third-order valence-corrected chi connectivity index (χ3v) is 7.25. The number of methoxy groups -OCH3 is 1. The van der Waals surface area contributed by atoms with E-state index in [1.165, 1.54) is 40.1 Å². The van der Waals surface area contributed by atoms with Crippen LogP contribution in [0.25, 0.3) is 21.9 Å². The van der Waals surface area contributed by atoms with Crippen molar-refractivity contribution in [3.8, 4) is 11.1 Å². The highest BCUT2D eigenvalue weighted by Gasteiger charge is 2.28. The van der Waals surface area contributed by atoms with Crippen LogP contribution in [0.5, 0.6) is 0 Å². The fraction of sp³-hybridized carbons (Fsp3) is 0.207. The lowest BCUT2D eigenvalue weighted by Crippen LogP contribution is -2.32. The Kier molecular flexibility index (Phi) is 6.21. The number of thioether (sulfide) groups is 1. The zero-order valence-corrected chi connectivity index (χ0v) is 19.8. The average molecular weight is 454 g/mol. The second kappa shape index (κ2) is 9.42. The summed E-state index contributed by atoms with van der Waals surface area (Å²) in [5.74, 6) is -0.239. The Labute approximate surface area is 199 Å². The minimum Gasteiger partial charge on any atom is -0.465 e. The summed E-state index contributed by atoms with van der Waals surface area (Å²) in [7, 11) is 1.47. The quantitative estimate of drug-likeness (QED) is 0.252. The molecular weight excluding hydrogens is 426 g/mol. The van der Waals surface area contributed by atoms with Gasteiger partial charge >= 0.3 is 5.97 Å². The first-order chi connectivity index (χ1) is 16.2. The van der Waals surface area contributed by atoms with Gasteiger partial charge in [-0.25, -0.2) is 4.79 Å². The molecule has 1 heterocycles. The zero-order valence-electron chi connectivity index (χ0n) is 19.0. The van der Waals surface area contributed by atoms with Crippen LogP contribution in [0.3, 0.4) is 0 Å². The van der Waals surface area contributed by atoms with Crippen LogP contribution in [-0.4, -0.2) is 30.8 Å². The maximum Gasteiger partial charge on any atom is 0.339 e. The molecule has 3 nitrogen and oxygen atoms in total. The molecule has 0 radical (unpaired) electrons. The first kappa shape index (κ1) is 21.7. The van der Waals surface area contributed by atoms with Gasteiger partial charge in [0.15, 0.2) is 0 Å². The summed E-state index contributed by atoms with van der Waals surface area (Å²) < 4.78 is 5.20. The molecule has 4 heteroatoms. The number of rotatable bonds is 5. The second-order valence-corrected chi connectivity index (χ2v) is 9.31. The number of fused-ring (bicyclic) bond motifs is 2. The Morgan fingerprint density at radius 3 is 2.45 bits per heavy atom. The number of benzene rings is 4. The summed E-state index contributed by atoms with van der Waals surface area (Å²) in [5.41, 5.74) is 6.83. The molecule has 0 spiro atoms. The summed E-state index contributed by atoms with van der Waals surface area (Å²) in [5, 5.41) is 2.46. The molecule has 0 fully saturated rings. The topological polar surface area (TPSA) is 29.5 Å². The van der Waals surface area contributed by atoms with E-state index in [-0.39, 0.29) is 5.97 Å². The van der Waals surface area contributed by atoms with Crippen LogP contribution >= 0.6 is 11.8 Å². The molecule has 1 aliphatic rings. The molecule has 4 aromatic carbocycles. The Morgan fingerprint density at radius 1 is 0.939 bits per heavy atom. The number of hydrogen-bond acceptors (Lipinski definition) is 4. The number of ether oxygens (including phenoxy) is 1. The van der Waals surface area contributed by atoms with Crippen LogP contribution in [0, 0.1) is 0 Å². The van der Waals surface area contributed by atoms with Crippen molar-refractivity contribution in [1.82, 2.24) is 4.90 Å². The maximum atomic E-state index is 12.8. The van der Waals surface area contributed by atoms with Crippen molar-refractivity contribution in [1.29, 1.82) is 0 Å².